The van der Waals surface area contributed by atoms with E-state index in [1.165, 1.54) is 0 Å². The average molecular weight is 203 g/mol. The Kier molecular flexibility index (Phi) is 6.33. The van der Waals surface area contributed by atoms with Crippen LogP contribution in [0.3, 0.4) is 0 Å². The zero-order valence-electron chi connectivity index (χ0n) is 9.77. The summed E-state index contributed by atoms with van der Waals surface area (Å²) in [5, 5.41) is 19.4. The highest BCUT2D eigenvalue weighted by molar-refractivity contribution is 4.80. The van der Waals surface area contributed by atoms with E-state index in [0.717, 1.165) is 6.42 Å². The zero-order valence-corrected chi connectivity index (χ0v) is 9.77. The predicted octanol–water partition coefficient (Wildman–Crippen LogP) is 1.13. The molecule has 0 saturated carbocycles. The van der Waals surface area contributed by atoms with Gasteiger partial charge in [-0.1, -0.05) is 27.7 Å². The van der Waals surface area contributed by atoms with E-state index in [9.17, 15) is 10.2 Å². The summed E-state index contributed by atoms with van der Waals surface area (Å²) in [6, 6.07) is -0.316. The summed E-state index contributed by atoms with van der Waals surface area (Å²) in [6.07, 6.45) is -0.132. The van der Waals surface area contributed by atoms with Crippen molar-refractivity contribution in [3.05, 3.63) is 0 Å². The topological polar surface area (TPSA) is 66.5 Å². The van der Waals surface area contributed by atoms with Crippen molar-refractivity contribution in [2.24, 2.45) is 17.6 Å². The minimum atomic E-state index is -0.792. The first-order valence-electron chi connectivity index (χ1n) is 5.46. The van der Waals surface area contributed by atoms with E-state index in [-0.39, 0.29) is 6.04 Å². The number of rotatable bonds is 6. The van der Waals surface area contributed by atoms with Gasteiger partial charge >= 0.3 is 0 Å². The number of nitrogens with two attached hydrogens (primary N) is 1. The number of aliphatic hydroxyl groups excluding tert-OH is 2. The van der Waals surface area contributed by atoms with E-state index in [2.05, 4.69) is 13.8 Å². The van der Waals surface area contributed by atoms with Crippen LogP contribution in [0.2, 0.25) is 0 Å². The Labute approximate surface area is 87.3 Å². The molecule has 3 heteroatoms. The second-order valence-electron chi connectivity index (χ2n) is 4.98. The Morgan fingerprint density at radius 2 is 1.36 bits per heavy atom. The smallest absolute Gasteiger partial charge is 0.0949 e. The van der Waals surface area contributed by atoms with Crippen molar-refractivity contribution < 1.29 is 10.2 Å². The van der Waals surface area contributed by atoms with Gasteiger partial charge in [0.1, 0.15) is 0 Å². The number of aliphatic hydroxyl groups is 2. The predicted molar refractivity (Wildman–Crippen MR) is 58.9 cm³/mol. The van der Waals surface area contributed by atoms with E-state index in [4.69, 9.17) is 5.73 Å². The maximum absolute atomic E-state index is 9.71. The molecule has 0 aliphatic carbocycles. The van der Waals surface area contributed by atoms with Crippen LogP contribution in [0.15, 0.2) is 0 Å². The molecule has 0 radical (unpaired) electrons. The van der Waals surface area contributed by atoms with Gasteiger partial charge in [-0.15, -0.1) is 0 Å². The highest BCUT2D eigenvalue weighted by Gasteiger charge is 2.24. The fourth-order valence-electron chi connectivity index (χ4n) is 1.59. The molecular formula is C11H25NO2. The van der Waals surface area contributed by atoms with Crippen molar-refractivity contribution in [1.82, 2.24) is 0 Å². The molecule has 0 aromatic rings. The fraction of sp³-hybridized carbons (Fsp3) is 1.00. The lowest BCUT2D eigenvalue weighted by molar-refractivity contribution is -0.0100. The summed E-state index contributed by atoms with van der Waals surface area (Å²) in [4.78, 5) is 0. The van der Waals surface area contributed by atoms with Crippen LogP contribution in [0.25, 0.3) is 0 Å². The standard InChI is InChI=1S/C11H25NO2/c1-7(2)5-9(12)11(14)10(13)6-8(3)4/h7-11,13-14H,5-6,12H2,1-4H3/t9-,10-,11+/m0/s1. The normalized spacial score (nSPS) is 18.6. The van der Waals surface area contributed by atoms with E-state index in [1.54, 1.807) is 0 Å². The molecule has 0 saturated heterocycles. The molecule has 14 heavy (non-hydrogen) atoms. The average Bonchev–Trinajstić information content (AvgIpc) is 2.00. The molecule has 86 valence electrons. The molecule has 0 rings (SSSR count). The third-order valence-electron chi connectivity index (χ3n) is 2.29. The molecule has 3 atom stereocenters. The molecule has 0 heterocycles. The first-order valence-corrected chi connectivity index (χ1v) is 5.46. The third-order valence-corrected chi connectivity index (χ3v) is 2.29. The monoisotopic (exact) mass is 203 g/mol. The lowest BCUT2D eigenvalue weighted by Gasteiger charge is -2.26. The maximum Gasteiger partial charge on any atom is 0.0949 e. The Bertz CT molecular complexity index is 132. The van der Waals surface area contributed by atoms with E-state index in [0.29, 0.717) is 18.3 Å². The van der Waals surface area contributed by atoms with Crippen molar-refractivity contribution in [2.75, 3.05) is 0 Å². The molecule has 0 aromatic carbocycles. The van der Waals surface area contributed by atoms with Crippen LogP contribution in [-0.2, 0) is 0 Å². The molecule has 3 nitrogen and oxygen atoms in total. The van der Waals surface area contributed by atoms with Crippen LogP contribution in [0, 0.1) is 11.8 Å². The van der Waals surface area contributed by atoms with Gasteiger partial charge in [-0.2, -0.15) is 0 Å². The molecule has 0 spiro atoms. The molecule has 0 aliphatic rings. The second kappa shape index (κ2) is 6.38. The summed E-state index contributed by atoms with van der Waals surface area (Å²) in [7, 11) is 0. The number of hydrogen-bond donors (Lipinski definition) is 3. The van der Waals surface area contributed by atoms with Crippen molar-refractivity contribution in [1.29, 1.82) is 0 Å². The minimum absolute atomic E-state index is 0.316. The van der Waals surface area contributed by atoms with Gasteiger partial charge in [0.25, 0.3) is 0 Å². The van der Waals surface area contributed by atoms with Crippen molar-refractivity contribution in [3.63, 3.8) is 0 Å². The summed E-state index contributed by atoms with van der Waals surface area (Å²) in [6.45, 7) is 8.15. The van der Waals surface area contributed by atoms with E-state index < -0.39 is 12.2 Å². The summed E-state index contributed by atoms with van der Waals surface area (Å²) in [5.41, 5.74) is 5.78. The largest absolute Gasteiger partial charge is 0.390 e. The zero-order chi connectivity index (χ0) is 11.3. The summed E-state index contributed by atoms with van der Waals surface area (Å²) in [5.74, 6) is 0.830. The van der Waals surface area contributed by atoms with Crippen molar-refractivity contribution in [2.45, 2.75) is 58.8 Å². The van der Waals surface area contributed by atoms with Crippen LogP contribution >= 0.6 is 0 Å². The number of hydrogen-bond acceptors (Lipinski definition) is 3. The molecule has 0 bridgehead atoms. The van der Waals surface area contributed by atoms with Crippen molar-refractivity contribution in [3.8, 4) is 0 Å². The van der Waals surface area contributed by atoms with Gasteiger partial charge < -0.3 is 15.9 Å². The Morgan fingerprint density at radius 1 is 0.929 bits per heavy atom. The Hall–Kier alpha value is -0.120. The van der Waals surface area contributed by atoms with Gasteiger partial charge in [0.15, 0.2) is 0 Å². The van der Waals surface area contributed by atoms with Gasteiger partial charge in [0.05, 0.1) is 12.2 Å². The molecule has 0 aliphatic heterocycles. The Morgan fingerprint density at radius 3 is 1.71 bits per heavy atom. The molecular weight excluding hydrogens is 178 g/mol. The first-order chi connectivity index (χ1) is 6.34. The SMILES string of the molecule is CC(C)C[C@H](N)[C@@H](O)[C@@H](O)CC(C)C. The highest BCUT2D eigenvalue weighted by atomic mass is 16.3. The van der Waals surface area contributed by atoms with Gasteiger partial charge in [0, 0.05) is 6.04 Å². The lowest BCUT2D eigenvalue weighted by atomic mass is 9.93. The van der Waals surface area contributed by atoms with E-state index >= 15 is 0 Å². The van der Waals surface area contributed by atoms with Gasteiger partial charge in [-0.05, 0) is 24.7 Å². The van der Waals surface area contributed by atoms with Crippen LogP contribution in [0.5, 0.6) is 0 Å². The second-order valence-corrected chi connectivity index (χ2v) is 4.98. The molecule has 4 N–H and O–H groups in total. The summed E-state index contributed by atoms with van der Waals surface area (Å²) < 4.78 is 0. The fourth-order valence-corrected chi connectivity index (χ4v) is 1.59. The molecule has 0 amide bonds. The molecule has 0 aromatic heterocycles. The maximum atomic E-state index is 9.71. The van der Waals surface area contributed by atoms with Crippen LogP contribution in [0.1, 0.15) is 40.5 Å². The van der Waals surface area contributed by atoms with Gasteiger partial charge in [0.2, 0.25) is 0 Å². The van der Waals surface area contributed by atoms with E-state index in [1.807, 2.05) is 13.8 Å². The van der Waals surface area contributed by atoms with Gasteiger partial charge in [-0.3, -0.25) is 0 Å². The van der Waals surface area contributed by atoms with Crippen LogP contribution in [-0.4, -0.2) is 28.5 Å². The van der Waals surface area contributed by atoms with Crippen LogP contribution < -0.4 is 5.73 Å². The molecule has 0 fully saturated rings. The quantitative estimate of drug-likeness (QED) is 0.606. The third kappa shape index (κ3) is 5.58. The van der Waals surface area contributed by atoms with Crippen LogP contribution in [0.4, 0.5) is 0 Å². The van der Waals surface area contributed by atoms with Crippen molar-refractivity contribution >= 4 is 0 Å². The molecule has 0 unspecified atom stereocenters. The van der Waals surface area contributed by atoms with Gasteiger partial charge in [-0.25, -0.2) is 0 Å². The summed E-state index contributed by atoms with van der Waals surface area (Å²) >= 11 is 0. The minimum Gasteiger partial charge on any atom is -0.390 e. The Balaban J connectivity index is 3.96. The first kappa shape index (κ1) is 13.9. The lowest BCUT2D eigenvalue weighted by Crippen LogP contribution is -2.44. The highest BCUT2D eigenvalue weighted by Crippen LogP contribution is 2.14.